The summed E-state index contributed by atoms with van der Waals surface area (Å²) in [4.78, 5) is 12.9. The van der Waals surface area contributed by atoms with E-state index in [0.29, 0.717) is 6.54 Å². The molecule has 3 N–H and O–H groups in total. The van der Waals surface area contributed by atoms with Crippen molar-refractivity contribution in [1.29, 1.82) is 0 Å². The quantitative estimate of drug-likeness (QED) is 0.669. The molecule has 0 aliphatic carbocycles. The van der Waals surface area contributed by atoms with E-state index in [-0.39, 0.29) is 5.56 Å². The average molecular weight is 196 g/mol. The predicted octanol–water partition coefficient (Wildman–Crippen LogP) is -0.449. The lowest BCUT2D eigenvalue weighted by Gasteiger charge is -2.18. The number of nitrogens with one attached hydrogen (secondary N) is 1. The lowest BCUT2D eigenvalue weighted by Crippen LogP contribution is -2.29. The Balaban J connectivity index is 2.57. The number of aromatic nitrogens is 2. The van der Waals surface area contributed by atoms with Crippen LogP contribution in [0.1, 0.15) is 12.6 Å². The monoisotopic (exact) mass is 196 g/mol. The number of H-pyrrole nitrogens is 1. The molecule has 0 saturated carbocycles. The van der Waals surface area contributed by atoms with Crippen LogP contribution in [-0.4, -0.2) is 34.7 Å². The van der Waals surface area contributed by atoms with Gasteiger partial charge in [-0.2, -0.15) is 5.10 Å². The van der Waals surface area contributed by atoms with Crippen LogP contribution in [0.15, 0.2) is 16.9 Å². The number of rotatable bonds is 5. The van der Waals surface area contributed by atoms with Gasteiger partial charge in [-0.3, -0.25) is 9.69 Å². The number of likely N-dealkylation sites (N-methyl/N-ethyl adjacent to an activating group) is 1. The zero-order chi connectivity index (χ0) is 10.4. The third-order valence-electron chi connectivity index (χ3n) is 2.01. The van der Waals surface area contributed by atoms with Gasteiger partial charge in [0.05, 0.1) is 5.69 Å². The summed E-state index contributed by atoms with van der Waals surface area (Å²) in [6.07, 6.45) is 0. The number of hydrogen-bond acceptors (Lipinski definition) is 4. The molecule has 1 rings (SSSR count). The lowest BCUT2D eigenvalue weighted by atomic mass is 10.3. The molecule has 0 aliphatic rings. The molecule has 5 heteroatoms. The third kappa shape index (κ3) is 3.27. The van der Waals surface area contributed by atoms with Gasteiger partial charge in [0.15, 0.2) is 0 Å². The molecule has 0 aromatic carbocycles. The summed E-state index contributed by atoms with van der Waals surface area (Å²) in [5.41, 5.74) is 6.15. The Bertz CT molecular complexity index is 302. The minimum atomic E-state index is -0.171. The highest BCUT2D eigenvalue weighted by molar-refractivity contribution is 4.99. The topological polar surface area (TPSA) is 75.0 Å². The van der Waals surface area contributed by atoms with Crippen molar-refractivity contribution < 1.29 is 0 Å². The van der Waals surface area contributed by atoms with Crippen LogP contribution in [-0.2, 0) is 6.54 Å². The summed E-state index contributed by atoms with van der Waals surface area (Å²) in [5, 5.41) is 6.34. The van der Waals surface area contributed by atoms with Gasteiger partial charge in [0, 0.05) is 25.7 Å². The molecule has 78 valence electrons. The molecule has 1 heterocycles. The van der Waals surface area contributed by atoms with Crippen molar-refractivity contribution in [3.8, 4) is 0 Å². The van der Waals surface area contributed by atoms with Crippen LogP contribution in [0.25, 0.3) is 0 Å². The van der Waals surface area contributed by atoms with Crippen LogP contribution in [0, 0.1) is 0 Å². The first kappa shape index (κ1) is 10.9. The van der Waals surface area contributed by atoms with Gasteiger partial charge in [0.25, 0.3) is 5.56 Å². The Morgan fingerprint density at radius 3 is 2.86 bits per heavy atom. The fourth-order valence-electron chi connectivity index (χ4n) is 1.22. The van der Waals surface area contributed by atoms with E-state index < -0.39 is 0 Å². The van der Waals surface area contributed by atoms with Crippen molar-refractivity contribution in [2.75, 3.05) is 19.6 Å². The van der Waals surface area contributed by atoms with Crippen molar-refractivity contribution in [3.63, 3.8) is 0 Å². The first-order valence-corrected chi connectivity index (χ1v) is 4.73. The summed E-state index contributed by atoms with van der Waals surface area (Å²) in [6.45, 7) is 5.21. The van der Waals surface area contributed by atoms with Gasteiger partial charge in [-0.15, -0.1) is 0 Å². The number of hydrogen-bond donors (Lipinski definition) is 2. The van der Waals surface area contributed by atoms with Gasteiger partial charge < -0.3 is 5.73 Å². The van der Waals surface area contributed by atoms with Gasteiger partial charge in [0.2, 0.25) is 0 Å². The normalized spacial score (nSPS) is 10.8. The van der Waals surface area contributed by atoms with Crippen LogP contribution in [0.5, 0.6) is 0 Å². The van der Waals surface area contributed by atoms with E-state index in [9.17, 15) is 4.79 Å². The smallest absolute Gasteiger partial charge is 0.264 e. The van der Waals surface area contributed by atoms with E-state index in [1.807, 2.05) is 0 Å². The lowest BCUT2D eigenvalue weighted by molar-refractivity contribution is 0.283. The van der Waals surface area contributed by atoms with Crippen molar-refractivity contribution in [2.45, 2.75) is 13.5 Å². The minimum Gasteiger partial charge on any atom is -0.329 e. The molecule has 0 radical (unpaired) electrons. The maximum atomic E-state index is 10.8. The highest BCUT2D eigenvalue weighted by Gasteiger charge is 2.02. The second-order valence-electron chi connectivity index (χ2n) is 3.07. The van der Waals surface area contributed by atoms with Crippen LogP contribution < -0.4 is 11.3 Å². The molecule has 0 spiro atoms. The molecule has 5 nitrogen and oxygen atoms in total. The summed E-state index contributed by atoms with van der Waals surface area (Å²) >= 11 is 0. The molecule has 0 aliphatic heterocycles. The molecule has 0 bridgehead atoms. The minimum absolute atomic E-state index is 0.171. The van der Waals surface area contributed by atoms with Crippen molar-refractivity contribution in [1.82, 2.24) is 15.1 Å². The molecule has 0 saturated heterocycles. The second-order valence-corrected chi connectivity index (χ2v) is 3.07. The largest absolute Gasteiger partial charge is 0.329 e. The molecule has 1 aromatic rings. The fourth-order valence-corrected chi connectivity index (χ4v) is 1.22. The molecular weight excluding hydrogens is 180 g/mol. The maximum Gasteiger partial charge on any atom is 0.264 e. The Morgan fingerprint density at radius 1 is 1.57 bits per heavy atom. The van der Waals surface area contributed by atoms with Crippen LogP contribution in [0.3, 0.4) is 0 Å². The van der Waals surface area contributed by atoms with Crippen molar-refractivity contribution >= 4 is 0 Å². The van der Waals surface area contributed by atoms with E-state index in [4.69, 9.17) is 5.73 Å². The highest BCUT2D eigenvalue weighted by atomic mass is 16.1. The molecule has 1 aromatic heterocycles. The Hall–Kier alpha value is -1.20. The number of nitrogens with two attached hydrogens (primary N) is 1. The third-order valence-corrected chi connectivity index (χ3v) is 2.01. The van der Waals surface area contributed by atoms with Crippen LogP contribution >= 0.6 is 0 Å². The molecule has 14 heavy (non-hydrogen) atoms. The number of nitrogens with zero attached hydrogens (tertiary/aromatic N) is 2. The van der Waals surface area contributed by atoms with Crippen molar-refractivity contribution in [3.05, 3.63) is 28.2 Å². The van der Waals surface area contributed by atoms with E-state index in [1.54, 1.807) is 6.07 Å². The first-order valence-electron chi connectivity index (χ1n) is 4.73. The van der Waals surface area contributed by atoms with Gasteiger partial charge in [-0.25, -0.2) is 5.10 Å². The van der Waals surface area contributed by atoms with Crippen LogP contribution in [0.2, 0.25) is 0 Å². The molecule has 0 fully saturated rings. The summed E-state index contributed by atoms with van der Waals surface area (Å²) in [6, 6.07) is 3.22. The van der Waals surface area contributed by atoms with E-state index in [2.05, 4.69) is 22.0 Å². The first-order chi connectivity index (χ1) is 6.76. The zero-order valence-corrected chi connectivity index (χ0v) is 8.36. The predicted molar refractivity (Wildman–Crippen MR) is 54.9 cm³/mol. The zero-order valence-electron chi connectivity index (χ0n) is 8.36. The standard InChI is InChI=1S/C9H16N4O/c1-2-13(6-5-10)7-8-3-4-9(14)12-11-8/h3-4H,2,5-7,10H2,1H3,(H,12,14). The summed E-state index contributed by atoms with van der Waals surface area (Å²) < 4.78 is 0. The van der Waals surface area contributed by atoms with E-state index in [0.717, 1.165) is 25.3 Å². The second kappa shape index (κ2) is 5.51. The molecule has 0 unspecified atom stereocenters. The molecule has 0 amide bonds. The highest BCUT2D eigenvalue weighted by Crippen LogP contribution is 1.97. The van der Waals surface area contributed by atoms with Gasteiger partial charge in [0.1, 0.15) is 0 Å². The van der Waals surface area contributed by atoms with E-state index >= 15 is 0 Å². The SMILES string of the molecule is CCN(CCN)Cc1ccc(=O)[nH]n1. The Labute approximate surface area is 82.9 Å². The molecular formula is C9H16N4O. The van der Waals surface area contributed by atoms with Gasteiger partial charge >= 0.3 is 0 Å². The fraction of sp³-hybridized carbons (Fsp3) is 0.556. The van der Waals surface area contributed by atoms with E-state index in [1.165, 1.54) is 6.07 Å². The maximum absolute atomic E-state index is 10.8. The Kier molecular flexibility index (Phi) is 4.28. The molecule has 0 atom stereocenters. The van der Waals surface area contributed by atoms with Crippen LogP contribution in [0.4, 0.5) is 0 Å². The van der Waals surface area contributed by atoms with Gasteiger partial charge in [-0.05, 0) is 12.6 Å². The van der Waals surface area contributed by atoms with Gasteiger partial charge in [-0.1, -0.05) is 6.92 Å². The number of aromatic amines is 1. The Morgan fingerprint density at radius 2 is 2.36 bits per heavy atom. The average Bonchev–Trinajstić information content (AvgIpc) is 2.20. The summed E-state index contributed by atoms with van der Waals surface area (Å²) in [7, 11) is 0. The van der Waals surface area contributed by atoms with Crippen molar-refractivity contribution in [2.24, 2.45) is 5.73 Å². The summed E-state index contributed by atoms with van der Waals surface area (Å²) in [5.74, 6) is 0.